The number of aryl methyl sites for hydroxylation is 1. The van der Waals surface area contributed by atoms with Crippen molar-refractivity contribution >= 4 is 23.4 Å². The second-order valence-corrected chi connectivity index (χ2v) is 5.64. The quantitative estimate of drug-likeness (QED) is 0.660. The van der Waals surface area contributed by atoms with Crippen LogP contribution in [0.5, 0.6) is 0 Å². The van der Waals surface area contributed by atoms with Crippen LogP contribution in [0.3, 0.4) is 0 Å². The van der Waals surface area contributed by atoms with Gasteiger partial charge in [-0.15, -0.1) is 5.10 Å². The van der Waals surface area contributed by atoms with Gasteiger partial charge in [-0.25, -0.2) is 4.79 Å². The summed E-state index contributed by atoms with van der Waals surface area (Å²) in [6.07, 6.45) is 1.52. The molecule has 26 heavy (non-hydrogen) atoms. The summed E-state index contributed by atoms with van der Waals surface area (Å²) < 4.78 is 4.73. The van der Waals surface area contributed by atoms with Crippen LogP contribution in [-0.4, -0.2) is 28.3 Å². The predicted molar refractivity (Wildman–Crippen MR) is 99.4 cm³/mol. The van der Waals surface area contributed by atoms with E-state index in [0.29, 0.717) is 29.6 Å². The number of benzene rings is 2. The van der Waals surface area contributed by atoms with Gasteiger partial charge in [0.25, 0.3) is 0 Å². The molecule has 132 valence electrons. The topological polar surface area (TPSA) is 89.0 Å². The first-order chi connectivity index (χ1) is 12.7. The van der Waals surface area contributed by atoms with E-state index in [-0.39, 0.29) is 0 Å². The molecule has 0 atom stereocenters. The van der Waals surface area contributed by atoms with Gasteiger partial charge in [-0.3, -0.25) is 0 Å². The van der Waals surface area contributed by atoms with Gasteiger partial charge in [0.1, 0.15) is 0 Å². The van der Waals surface area contributed by atoms with Crippen molar-refractivity contribution in [2.75, 3.05) is 17.7 Å². The fraction of sp³-hybridized carbons (Fsp3) is 0.158. The highest BCUT2D eigenvalue weighted by atomic mass is 16.5. The smallest absolute Gasteiger partial charge is 0.337 e. The Bertz CT molecular complexity index is 914. The number of aromatic nitrogens is 3. The minimum atomic E-state index is -0.393. The number of nitrogens with one attached hydrogen (secondary N) is 2. The van der Waals surface area contributed by atoms with E-state index in [1.54, 1.807) is 18.2 Å². The number of nitrogens with zero attached hydrogens (tertiary/aromatic N) is 3. The molecule has 0 saturated carbocycles. The highest BCUT2D eigenvalue weighted by molar-refractivity contribution is 5.90. The summed E-state index contributed by atoms with van der Waals surface area (Å²) in [6.45, 7) is 2.66. The molecule has 1 aromatic heterocycles. The Morgan fingerprint density at radius 2 is 2.00 bits per heavy atom. The van der Waals surface area contributed by atoms with Crippen molar-refractivity contribution < 1.29 is 9.53 Å². The fourth-order valence-corrected chi connectivity index (χ4v) is 2.41. The van der Waals surface area contributed by atoms with Gasteiger partial charge in [-0.2, -0.15) is 10.1 Å². The molecule has 7 nitrogen and oxygen atoms in total. The lowest BCUT2D eigenvalue weighted by molar-refractivity contribution is 0.0601. The number of anilines is 3. The van der Waals surface area contributed by atoms with Crippen molar-refractivity contribution in [2.24, 2.45) is 0 Å². The summed E-state index contributed by atoms with van der Waals surface area (Å²) >= 11 is 0. The van der Waals surface area contributed by atoms with Gasteiger partial charge < -0.3 is 15.4 Å². The molecular formula is C19H19N5O2. The first-order valence-corrected chi connectivity index (χ1v) is 8.09. The lowest BCUT2D eigenvalue weighted by Gasteiger charge is -2.09. The Balaban J connectivity index is 1.70. The highest BCUT2D eigenvalue weighted by Gasteiger charge is 2.07. The Labute approximate surface area is 151 Å². The number of methoxy groups -OCH3 is 1. The normalized spacial score (nSPS) is 10.2. The average molecular weight is 349 g/mol. The molecule has 0 spiro atoms. The average Bonchev–Trinajstić information content (AvgIpc) is 2.67. The SMILES string of the molecule is COC(=O)c1cccc(Nc2cnnc(NCc3ccccc3C)n2)c1. The summed E-state index contributed by atoms with van der Waals surface area (Å²) in [5, 5.41) is 14.2. The summed E-state index contributed by atoms with van der Waals surface area (Å²) in [7, 11) is 1.35. The summed E-state index contributed by atoms with van der Waals surface area (Å²) in [5.74, 6) is 0.548. The molecule has 0 amide bonds. The highest BCUT2D eigenvalue weighted by Crippen LogP contribution is 2.17. The molecule has 0 radical (unpaired) electrons. The first kappa shape index (κ1) is 17.3. The number of hydrogen-bond acceptors (Lipinski definition) is 7. The second-order valence-electron chi connectivity index (χ2n) is 5.64. The fourth-order valence-electron chi connectivity index (χ4n) is 2.41. The van der Waals surface area contributed by atoms with Crippen molar-refractivity contribution in [3.05, 3.63) is 71.4 Å². The van der Waals surface area contributed by atoms with E-state index in [1.807, 2.05) is 18.2 Å². The molecule has 0 aliphatic heterocycles. The molecule has 0 aliphatic carbocycles. The molecule has 3 rings (SSSR count). The van der Waals surface area contributed by atoms with Gasteiger partial charge in [0, 0.05) is 12.2 Å². The van der Waals surface area contributed by atoms with Gasteiger partial charge in [0.2, 0.25) is 5.95 Å². The van der Waals surface area contributed by atoms with Gasteiger partial charge in [0.15, 0.2) is 5.82 Å². The Kier molecular flexibility index (Phi) is 5.38. The molecule has 3 aromatic rings. The zero-order valence-electron chi connectivity index (χ0n) is 14.6. The Morgan fingerprint density at radius 3 is 2.81 bits per heavy atom. The number of carbonyl (C=O) groups is 1. The lowest BCUT2D eigenvalue weighted by atomic mass is 10.1. The van der Waals surface area contributed by atoms with Gasteiger partial charge in [0.05, 0.1) is 18.9 Å². The number of ether oxygens (including phenoxy) is 1. The standard InChI is InChI=1S/C19H19N5O2/c1-13-6-3-4-7-15(13)11-20-19-23-17(12-21-24-19)22-16-9-5-8-14(10-16)18(25)26-2/h3-10,12H,11H2,1-2H3,(H2,20,22,23,24). The van der Waals surface area contributed by atoms with E-state index in [2.05, 4.69) is 44.9 Å². The van der Waals surface area contributed by atoms with E-state index in [9.17, 15) is 4.79 Å². The monoisotopic (exact) mass is 349 g/mol. The molecule has 0 aliphatic rings. The zero-order chi connectivity index (χ0) is 18.4. The van der Waals surface area contributed by atoms with Crippen LogP contribution in [0.1, 0.15) is 21.5 Å². The van der Waals surface area contributed by atoms with Crippen molar-refractivity contribution in [1.29, 1.82) is 0 Å². The number of esters is 1. The Morgan fingerprint density at radius 1 is 1.15 bits per heavy atom. The van der Waals surface area contributed by atoms with Crippen LogP contribution in [0.25, 0.3) is 0 Å². The van der Waals surface area contributed by atoms with E-state index >= 15 is 0 Å². The molecule has 0 saturated heterocycles. The predicted octanol–water partition coefficient (Wildman–Crippen LogP) is 3.32. The summed E-state index contributed by atoms with van der Waals surface area (Å²) in [4.78, 5) is 16.0. The van der Waals surface area contributed by atoms with Gasteiger partial charge in [-0.05, 0) is 36.2 Å². The minimum absolute atomic E-state index is 0.393. The first-order valence-electron chi connectivity index (χ1n) is 8.09. The van der Waals surface area contributed by atoms with E-state index in [0.717, 1.165) is 0 Å². The third-order valence-corrected chi connectivity index (χ3v) is 3.81. The van der Waals surface area contributed by atoms with Crippen LogP contribution < -0.4 is 10.6 Å². The molecule has 2 N–H and O–H groups in total. The maximum Gasteiger partial charge on any atom is 0.337 e. The van der Waals surface area contributed by atoms with E-state index < -0.39 is 5.97 Å². The molecule has 2 aromatic carbocycles. The van der Waals surface area contributed by atoms with Crippen LogP contribution in [0, 0.1) is 6.92 Å². The third kappa shape index (κ3) is 4.32. The minimum Gasteiger partial charge on any atom is -0.465 e. The molecular weight excluding hydrogens is 330 g/mol. The third-order valence-electron chi connectivity index (χ3n) is 3.81. The van der Waals surface area contributed by atoms with Crippen LogP contribution >= 0.6 is 0 Å². The van der Waals surface area contributed by atoms with Crippen LogP contribution in [0.4, 0.5) is 17.5 Å². The zero-order valence-corrected chi connectivity index (χ0v) is 14.6. The molecule has 0 unspecified atom stereocenters. The molecule has 7 heteroatoms. The summed E-state index contributed by atoms with van der Waals surface area (Å²) in [5.41, 5.74) is 3.53. The lowest BCUT2D eigenvalue weighted by Crippen LogP contribution is -2.07. The van der Waals surface area contributed by atoms with Gasteiger partial charge >= 0.3 is 5.97 Å². The number of hydrogen-bond donors (Lipinski definition) is 2. The van der Waals surface area contributed by atoms with Crippen molar-refractivity contribution in [1.82, 2.24) is 15.2 Å². The van der Waals surface area contributed by atoms with Crippen molar-refractivity contribution in [3.8, 4) is 0 Å². The van der Waals surface area contributed by atoms with E-state index in [4.69, 9.17) is 4.74 Å². The maximum atomic E-state index is 11.6. The van der Waals surface area contributed by atoms with Crippen molar-refractivity contribution in [2.45, 2.75) is 13.5 Å². The van der Waals surface area contributed by atoms with Gasteiger partial charge in [-0.1, -0.05) is 30.3 Å². The van der Waals surface area contributed by atoms with E-state index in [1.165, 1.54) is 24.4 Å². The Hall–Kier alpha value is -3.48. The molecule has 0 fully saturated rings. The van der Waals surface area contributed by atoms with Crippen LogP contribution in [-0.2, 0) is 11.3 Å². The maximum absolute atomic E-state index is 11.6. The largest absolute Gasteiger partial charge is 0.465 e. The summed E-state index contributed by atoms with van der Waals surface area (Å²) in [6, 6.07) is 15.1. The van der Waals surface area contributed by atoms with Crippen molar-refractivity contribution in [3.63, 3.8) is 0 Å². The number of carbonyl (C=O) groups excluding carboxylic acids is 1. The molecule has 1 heterocycles. The number of rotatable bonds is 6. The van der Waals surface area contributed by atoms with Crippen LogP contribution in [0.2, 0.25) is 0 Å². The second kappa shape index (κ2) is 8.06. The van der Waals surface area contributed by atoms with Crippen LogP contribution in [0.15, 0.2) is 54.7 Å². The molecule has 0 bridgehead atoms.